The van der Waals surface area contributed by atoms with Crippen LogP contribution in [-0.2, 0) is 0 Å². The van der Waals surface area contributed by atoms with E-state index in [0.29, 0.717) is 18.7 Å². The zero-order valence-electron chi connectivity index (χ0n) is 4.08. The maximum absolute atomic E-state index is 12.2. The molecule has 1 aliphatic rings. The molecule has 1 aliphatic heterocycles. The van der Waals surface area contributed by atoms with Crippen molar-refractivity contribution < 1.29 is 4.39 Å². The van der Waals surface area contributed by atoms with Gasteiger partial charge in [0.1, 0.15) is 6.17 Å². The number of halogens is 1. The largest absolute Gasteiger partial charge is 0.310 e. The molecule has 0 aliphatic carbocycles. The highest BCUT2D eigenvalue weighted by atomic mass is 19.1. The molecule has 7 heavy (non-hydrogen) atoms. The van der Waals surface area contributed by atoms with E-state index in [1.54, 1.807) is 0 Å². The summed E-state index contributed by atoms with van der Waals surface area (Å²) in [6.45, 7) is 4.61. The average molecular weight is 101 g/mol. The van der Waals surface area contributed by atoms with Crippen LogP contribution in [0.2, 0.25) is 0 Å². The van der Waals surface area contributed by atoms with Crippen LogP contribution < -0.4 is 5.32 Å². The Morgan fingerprint density at radius 2 is 2.57 bits per heavy atom. The van der Waals surface area contributed by atoms with Crippen molar-refractivity contribution in [3.63, 3.8) is 0 Å². The lowest BCUT2D eigenvalue weighted by atomic mass is 10.2. The molecular formula is C5H8FN. The minimum atomic E-state index is -0.792. The summed E-state index contributed by atoms with van der Waals surface area (Å²) in [6, 6.07) is 0. The molecule has 0 amide bonds. The SMILES string of the molecule is C=C1CNCC1F. The van der Waals surface area contributed by atoms with Crippen LogP contribution in [0, 0.1) is 0 Å². The fraction of sp³-hybridized carbons (Fsp3) is 0.600. The van der Waals surface area contributed by atoms with Gasteiger partial charge in [0.25, 0.3) is 0 Å². The highest BCUT2D eigenvalue weighted by molar-refractivity contribution is 5.09. The van der Waals surface area contributed by atoms with Gasteiger partial charge in [-0.25, -0.2) is 4.39 Å². The molecule has 1 atom stereocenters. The summed E-state index contributed by atoms with van der Waals surface area (Å²) in [5.41, 5.74) is 0.681. The van der Waals surface area contributed by atoms with Crippen LogP contribution in [-0.4, -0.2) is 19.3 Å². The van der Waals surface area contributed by atoms with E-state index in [9.17, 15) is 4.39 Å². The summed E-state index contributed by atoms with van der Waals surface area (Å²) < 4.78 is 12.2. The molecule has 0 saturated carbocycles. The molecule has 1 heterocycles. The first-order chi connectivity index (χ1) is 3.30. The molecule has 0 spiro atoms. The van der Waals surface area contributed by atoms with Gasteiger partial charge in [0, 0.05) is 13.1 Å². The van der Waals surface area contributed by atoms with E-state index in [0.717, 1.165) is 0 Å². The normalized spacial score (nSPS) is 31.6. The number of alkyl halides is 1. The Kier molecular flexibility index (Phi) is 1.11. The van der Waals surface area contributed by atoms with Gasteiger partial charge in [-0.2, -0.15) is 0 Å². The van der Waals surface area contributed by atoms with Gasteiger partial charge in [-0.15, -0.1) is 0 Å². The first-order valence-electron chi connectivity index (χ1n) is 2.33. The van der Waals surface area contributed by atoms with E-state index in [1.165, 1.54) is 0 Å². The van der Waals surface area contributed by atoms with Crippen LogP contribution in [0.3, 0.4) is 0 Å². The minimum absolute atomic E-state index is 0.457. The molecule has 1 fully saturated rings. The summed E-state index contributed by atoms with van der Waals surface area (Å²) in [5.74, 6) is 0. The monoisotopic (exact) mass is 101 g/mol. The van der Waals surface area contributed by atoms with Crippen molar-refractivity contribution in [2.24, 2.45) is 0 Å². The minimum Gasteiger partial charge on any atom is -0.310 e. The van der Waals surface area contributed by atoms with Crippen LogP contribution in [0.25, 0.3) is 0 Å². The maximum atomic E-state index is 12.2. The Morgan fingerprint density at radius 1 is 1.86 bits per heavy atom. The third kappa shape index (κ3) is 0.800. The highest BCUT2D eigenvalue weighted by Crippen LogP contribution is 2.06. The molecule has 0 aromatic rings. The Hall–Kier alpha value is -0.370. The van der Waals surface area contributed by atoms with Gasteiger partial charge < -0.3 is 5.32 Å². The lowest BCUT2D eigenvalue weighted by molar-refractivity contribution is 0.406. The summed E-state index contributed by atoms with van der Waals surface area (Å²) in [6.07, 6.45) is -0.792. The molecule has 0 aromatic carbocycles. The van der Waals surface area contributed by atoms with Crippen LogP contribution in [0.15, 0.2) is 12.2 Å². The fourth-order valence-corrected chi connectivity index (χ4v) is 0.615. The third-order valence-electron chi connectivity index (χ3n) is 1.12. The number of hydrogen-bond acceptors (Lipinski definition) is 1. The smallest absolute Gasteiger partial charge is 0.134 e. The molecule has 40 valence electrons. The van der Waals surface area contributed by atoms with Gasteiger partial charge in [-0.3, -0.25) is 0 Å². The fourth-order valence-electron chi connectivity index (χ4n) is 0.615. The molecular weight excluding hydrogens is 93.1 g/mol. The third-order valence-corrected chi connectivity index (χ3v) is 1.12. The van der Waals surface area contributed by atoms with Crippen molar-refractivity contribution in [1.29, 1.82) is 0 Å². The predicted molar refractivity (Wildman–Crippen MR) is 26.9 cm³/mol. The van der Waals surface area contributed by atoms with Gasteiger partial charge >= 0.3 is 0 Å². The lowest BCUT2D eigenvalue weighted by Crippen LogP contribution is -2.08. The highest BCUT2D eigenvalue weighted by Gasteiger charge is 2.15. The molecule has 1 saturated heterocycles. The van der Waals surface area contributed by atoms with Crippen molar-refractivity contribution in [2.75, 3.05) is 13.1 Å². The number of hydrogen-bond donors (Lipinski definition) is 1. The second-order valence-electron chi connectivity index (χ2n) is 1.76. The van der Waals surface area contributed by atoms with Crippen LogP contribution in [0.4, 0.5) is 4.39 Å². The zero-order valence-corrected chi connectivity index (χ0v) is 4.08. The first kappa shape index (κ1) is 4.78. The summed E-state index contributed by atoms with van der Waals surface area (Å²) in [7, 11) is 0. The van der Waals surface area contributed by atoms with Crippen molar-refractivity contribution in [3.8, 4) is 0 Å². The summed E-state index contributed by atoms with van der Waals surface area (Å²) in [5, 5.41) is 2.85. The zero-order chi connectivity index (χ0) is 5.28. The summed E-state index contributed by atoms with van der Waals surface area (Å²) in [4.78, 5) is 0. The van der Waals surface area contributed by atoms with Gasteiger partial charge in [0.05, 0.1) is 0 Å². The van der Waals surface area contributed by atoms with Crippen molar-refractivity contribution in [1.82, 2.24) is 5.32 Å². The van der Waals surface area contributed by atoms with Gasteiger partial charge in [-0.05, 0) is 5.57 Å². The van der Waals surface area contributed by atoms with E-state index in [4.69, 9.17) is 0 Å². The van der Waals surface area contributed by atoms with Crippen LogP contribution in [0.1, 0.15) is 0 Å². The Morgan fingerprint density at radius 3 is 2.71 bits per heavy atom. The quantitative estimate of drug-likeness (QED) is 0.438. The molecule has 0 aromatic heterocycles. The topological polar surface area (TPSA) is 12.0 Å². The maximum Gasteiger partial charge on any atom is 0.134 e. The molecule has 1 rings (SSSR count). The second kappa shape index (κ2) is 1.62. The molecule has 1 unspecified atom stereocenters. The van der Waals surface area contributed by atoms with Crippen molar-refractivity contribution in [3.05, 3.63) is 12.2 Å². The summed E-state index contributed by atoms with van der Waals surface area (Å²) >= 11 is 0. The van der Waals surface area contributed by atoms with E-state index in [1.807, 2.05) is 0 Å². The van der Waals surface area contributed by atoms with E-state index in [2.05, 4.69) is 11.9 Å². The van der Waals surface area contributed by atoms with Gasteiger partial charge in [-0.1, -0.05) is 6.58 Å². The van der Waals surface area contributed by atoms with E-state index >= 15 is 0 Å². The average Bonchev–Trinajstić information content (AvgIpc) is 1.91. The van der Waals surface area contributed by atoms with Gasteiger partial charge in [0.2, 0.25) is 0 Å². The molecule has 1 nitrogen and oxygen atoms in total. The second-order valence-corrected chi connectivity index (χ2v) is 1.76. The van der Waals surface area contributed by atoms with Gasteiger partial charge in [0.15, 0.2) is 0 Å². The van der Waals surface area contributed by atoms with E-state index in [-0.39, 0.29) is 0 Å². The van der Waals surface area contributed by atoms with Crippen LogP contribution in [0.5, 0.6) is 0 Å². The standard InChI is InChI=1S/C5H8FN/c1-4-2-7-3-5(4)6/h5,7H,1-3H2. The molecule has 1 N–H and O–H groups in total. The molecule has 0 bridgehead atoms. The lowest BCUT2D eigenvalue weighted by Gasteiger charge is -1.91. The molecule has 2 heteroatoms. The van der Waals surface area contributed by atoms with Crippen LogP contribution >= 0.6 is 0 Å². The Bertz CT molecular complexity index is 90.1. The van der Waals surface area contributed by atoms with E-state index < -0.39 is 6.17 Å². The Labute approximate surface area is 42.2 Å². The van der Waals surface area contributed by atoms with Crippen molar-refractivity contribution in [2.45, 2.75) is 6.17 Å². The number of rotatable bonds is 0. The van der Waals surface area contributed by atoms with Crippen molar-refractivity contribution >= 4 is 0 Å². The first-order valence-corrected chi connectivity index (χ1v) is 2.33. The predicted octanol–water partition coefficient (Wildman–Crippen LogP) is 0.484. The molecule has 0 radical (unpaired) electrons. The Balaban J connectivity index is 2.48. The number of nitrogens with one attached hydrogen (secondary N) is 1.